The third kappa shape index (κ3) is 5.98. The molecule has 12 heteroatoms. The lowest BCUT2D eigenvalue weighted by molar-refractivity contribution is -0.123. The van der Waals surface area contributed by atoms with Crippen molar-refractivity contribution in [2.45, 2.75) is 50.7 Å². The molecule has 1 aliphatic carbocycles. The molecule has 226 valence electrons. The van der Waals surface area contributed by atoms with E-state index in [9.17, 15) is 24.2 Å². The number of carbonyl (C=O) groups is 2. The van der Waals surface area contributed by atoms with Crippen LogP contribution in [0, 0.1) is 23.4 Å². The van der Waals surface area contributed by atoms with Gasteiger partial charge in [-0.2, -0.15) is 0 Å². The Hall–Kier alpha value is -4.29. The van der Waals surface area contributed by atoms with Crippen LogP contribution in [0.15, 0.2) is 48.8 Å². The lowest BCUT2D eigenvalue weighted by Crippen LogP contribution is -2.49. The number of nitrogens with one attached hydrogen (secondary N) is 1. The first-order chi connectivity index (χ1) is 20.4. The highest BCUT2D eigenvalue weighted by atomic mass is 19.1. The molecule has 3 aromatic rings. The highest BCUT2D eigenvalue weighted by Gasteiger charge is 2.43. The van der Waals surface area contributed by atoms with Gasteiger partial charge in [0, 0.05) is 19.3 Å². The molecule has 1 aromatic carbocycles. The van der Waals surface area contributed by atoms with Crippen molar-refractivity contribution in [1.29, 1.82) is 0 Å². The first-order valence-corrected chi connectivity index (χ1v) is 13.9. The molecule has 4 N–H and O–H groups in total. The zero-order chi connectivity index (χ0) is 31.1. The fraction of sp³-hybridized carbons (Fsp3) is 0.355. The van der Waals surface area contributed by atoms with Gasteiger partial charge in [-0.3, -0.25) is 9.78 Å². The van der Waals surface area contributed by atoms with E-state index in [1.54, 1.807) is 25.3 Å². The Balaban J connectivity index is 1.40. The van der Waals surface area contributed by atoms with E-state index in [-0.39, 0.29) is 49.0 Å². The van der Waals surface area contributed by atoms with Crippen molar-refractivity contribution in [2.24, 2.45) is 5.92 Å². The number of hydrogen-bond acceptors (Lipinski definition) is 6. The van der Waals surface area contributed by atoms with Crippen molar-refractivity contribution < 1.29 is 38.1 Å². The van der Waals surface area contributed by atoms with E-state index >= 15 is 8.78 Å². The SMILES string of the molecule is C[C@H]1C[C@@H](c2ccncc2NC(=O)c2ccc(F)c(-c3c(F)cc(C4=CCN(C(=O)O)CC4)cc3F)n2)C[C@@H](O)[C@]1(C)O. The average molecular weight is 597 g/mol. The maximum atomic E-state index is 15.3. The first-order valence-electron chi connectivity index (χ1n) is 13.9. The normalized spacial score (nSPS) is 23.9. The number of nitrogens with zero attached hydrogens (tertiary/aromatic N) is 3. The summed E-state index contributed by atoms with van der Waals surface area (Å²) < 4.78 is 45.4. The van der Waals surface area contributed by atoms with Gasteiger partial charge in [0.2, 0.25) is 0 Å². The molecule has 1 aliphatic heterocycles. The molecule has 3 heterocycles. The van der Waals surface area contributed by atoms with Gasteiger partial charge >= 0.3 is 6.09 Å². The number of aromatic nitrogens is 2. The van der Waals surface area contributed by atoms with E-state index in [0.29, 0.717) is 23.2 Å². The molecule has 0 spiro atoms. The van der Waals surface area contributed by atoms with Crippen LogP contribution in [0.5, 0.6) is 0 Å². The molecule has 9 nitrogen and oxygen atoms in total. The molecule has 43 heavy (non-hydrogen) atoms. The quantitative estimate of drug-likeness (QED) is 0.318. The van der Waals surface area contributed by atoms with Crippen LogP contribution in [0.2, 0.25) is 0 Å². The lowest BCUT2D eigenvalue weighted by atomic mass is 9.69. The highest BCUT2D eigenvalue weighted by Crippen LogP contribution is 2.43. The smallest absolute Gasteiger partial charge is 0.407 e. The fourth-order valence-corrected chi connectivity index (χ4v) is 5.74. The molecular weight excluding hydrogens is 565 g/mol. The molecule has 5 rings (SSSR count). The summed E-state index contributed by atoms with van der Waals surface area (Å²) in [6, 6.07) is 5.77. The number of hydrogen-bond donors (Lipinski definition) is 4. The van der Waals surface area contributed by atoms with Gasteiger partial charge in [-0.25, -0.2) is 22.9 Å². The van der Waals surface area contributed by atoms with Crippen molar-refractivity contribution in [3.8, 4) is 11.3 Å². The van der Waals surface area contributed by atoms with Crippen molar-refractivity contribution in [2.75, 3.05) is 18.4 Å². The summed E-state index contributed by atoms with van der Waals surface area (Å²) in [6.45, 7) is 3.66. The summed E-state index contributed by atoms with van der Waals surface area (Å²) in [5, 5.41) is 32.9. The van der Waals surface area contributed by atoms with Crippen LogP contribution in [0.1, 0.15) is 60.6 Å². The number of amides is 2. The van der Waals surface area contributed by atoms with Crippen LogP contribution in [0.25, 0.3) is 16.8 Å². The summed E-state index contributed by atoms with van der Waals surface area (Å²) in [5.74, 6) is -4.40. The summed E-state index contributed by atoms with van der Waals surface area (Å²) in [6.07, 6.45) is 3.51. The molecule has 4 atom stereocenters. The van der Waals surface area contributed by atoms with Crippen molar-refractivity contribution >= 4 is 23.3 Å². The summed E-state index contributed by atoms with van der Waals surface area (Å²) >= 11 is 0. The van der Waals surface area contributed by atoms with Gasteiger partial charge in [0.05, 0.1) is 29.2 Å². The third-order valence-electron chi connectivity index (χ3n) is 8.57. The first kappa shape index (κ1) is 30.2. The topological polar surface area (TPSA) is 136 Å². The molecule has 0 saturated heterocycles. The molecule has 2 aliphatic rings. The number of benzene rings is 1. The number of anilines is 1. The summed E-state index contributed by atoms with van der Waals surface area (Å²) in [7, 11) is 0. The monoisotopic (exact) mass is 596 g/mol. The van der Waals surface area contributed by atoms with Crippen LogP contribution < -0.4 is 5.32 Å². The highest BCUT2D eigenvalue weighted by molar-refractivity contribution is 6.03. The van der Waals surface area contributed by atoms with Crippen molar-refractivity contribution in [3.63, 3.8) is 0 Å². The number of carbonyl (C=O) groups excluding carboxylic acids is 1. The fourth-order valence-electron chi connectivity index (χ4n) is 5.74. The van der Waals surface area contributed by atoms with E-state index in [1.807, 2.05) is 6.92 Å². The molecule has 0 radical (unpaired) electrons. The Labute approximate surface area is 245 Å². The van der Waals surface area contributed by atoms with Crippen molar-refractivity contribution in [3.05, 3.63) is 83.1 Å². The second-order valence-corrected chi connectivity index (χ2v) is 11.3. The Morgan fingerprint density at radius 1 is 1.09 bits per heavy atom. The van der Waals surface area contributed by atoms with Gasteiger partial charge in [0.15, 0.2) is 0 Å². The number of rotatable bonds is 5. The lowest BCUT2D eigenvalue weighted by Gasteiger charge is -2.43. The summed E-state index contributed by atoms with van der Waals surface area (Å²) in [5.41, 5.74) is -1.19. The van der Waals surface area contributed by atoms with Gasteiger partial charge in [-0.15, -0.1) is 0 Å². The van der Waals surface area contributed by atoms with E-state index in [1.165, 1.54) is 11.1 Å². The van der Waals surface area contributed by atoms with Crippen molar-refractivity contribution in [1.82, 2.24) is 14.9 Å². The molecule has 1 saturated carbocycles. The van der Waals surface area contributed by atoms with Crippen LogP contribution in [-0.2, 0) is 0 Å². The second-order valence-electron chi connectivity index (χ2n) is 11.3. The van der Waals surface area contributed by atoms with E-state index in [0.717, 1.165) is 24.3 Å². The number of pyridine rings is 2. The second kappa shape index (κ2) is 11.8. The minimum absolute atomic E-state index is 0.0722. The number of carboxylic acid groups (broad SMARTS) is 1. The molecule has 1 fully saturated rings. The average Bonchev–Trinajstić information content (AvgIpc) is 2.96. The Morgan fingerprint density at radius 3 is 2.44 bits per heavy atom. The van der Waals surface area contributed by atoms with Gasteiger partial charge in [-0.05, 0) is 85.1 Å². The molecular formula is C31H31F3N4O5. The van der Waals surface area contributed by atoms with E-state index in [2.05, 4.69) is 15.3 Å². The maximum Gasteiger partial charge on any atom is 0.407 e. The van der Waals surface area contributed by atoms with Gasteiger partial charge < -0.3 is 25.5 Å². The van der Waals surface area contributed by atoms with Crippen LogP contribution in [-0.4, -0.2) is 67.0 Å². The van der Waals surface area contributed by atoms with Crippen LogP contribution in [0.3, 0.4) is 0 Å². The molecule has 0 bridgehead atoms. The minimum Gasteiger partial charge on any atom is -0.465 e. The van der Waals surface area contributed by atoms with E-state index in [4.69, 9.17) is 5.11 Å². The largest absolute Gasteiger partial charge is 0.465 e. The molecule has 0 unspecified atom stereocenters. The van der Waals surface area contributed by atoms with Crippen LogP contribution >= 0.6 is 0 Å². The zero-order valence-corrected chi connectivity index (χ0v) is 23.5. The summed E-state index contributed by atoms with van der Waals surface area (Å²) in [4.78, 5) is 33.6. The maximum absolute atomic E-state index is 15.3. The Morgan fingerprint density at radius 2 is 1.81 bits per heavy atom. The van der Waals surface area contributed by atoms with Gasteiger partial charge in [-0.1, -0.05) is 13.0 Å². The number of halogens is 3. The minimum atomic E-state index is -1.25. The zero-order valence-electron chi connectivity index (χ0n) is 23.5. The number of aliphatic hydroxyl groups is 2. The molecule has 2 aromatic heterocycles. The predicted molar refractivity (Wildman–Crippen MR) is 152 cm³/mol. The predicted octanol–water partition coefficient (Wildman–Crippen LogP) is 5.21. The van der Waals surface area contributed by atoms with Gasteiger partial charge in [0.1, 0.15) is 28.8 Å². The Bertz CT molecular complexity index is 1570. The van der Waals surface area contributed by atoms with E-state index < -0.39 is 52.4 Å². The Kier molecular flexibility index (Phi) is 8.26. The third-order valence-corrected chi connectivity index (χ3v) is 8.57. The van der Waals surface area contributed by atoms with Crippen LogP contribution in [0.4, 0.5) is 23.7 Å². The number of aliphatic hydroxyl groups excluding tert-OH is 1. The molecule has 2 amide bonds. The van der Waals surface area contributed by atoms with Gasteiger partial charge in [0.25, 0.3) is 5.91 Å². The standard InChI is InChI=1S/C31H31F3N4O5/c1-16-11-19(14-26(39)31(16,2)43)20-5-8-35-15-25(20)37-29(40)24-4-3-21(32)28(36-24)27-22(33)12-18(13-23(27)34)17-6-9-38(10-7-17)30(41)42/h3-6,8,12-13,15-16,19,26,39,43H,7,9-11,14H2,1-2H3,(H,37,40)(H,41,42)/t16-,19+,26+,31+/m0/s1.